The Morgan fingerprint density at radius 1 is 0.827 bits per heavy atom. The molecule has 3 heterocycles. The van der Waals surface area contributed by atoms with Crippen LogP contribution in [0.1, 0.15) is 97.3 Å². The van der Waals surface area contributed by atoms with Gasteiger partial charge >= 0.3 is 5.97 Å². The number of fused-ring (bicyclic) bond motifs is 2. The maximum Gasteiger partial charge on any atom is 0.355 e. The van der Waals surface area contributed by atoms with Crippen LogP contribution in [0.25, 0.3) is 21.3 Å². The Morgan fingerprint density at radius 3 is 2.31 bits per heavy atom. The lowest BCUT2D eigenvalue weighted by Crippen LogP contribution is -2.33. The molecule has 12 heteroatoms. The minimum Gasteiger partial charge on any atom is -0.476 e. The van der Waals surface area contributed by atoms with Gasteiger partial charge in [-0.3, -0.25) is 10.1 Å². The number of carbonyl (C=O) groups is 2. The SMILES string of the molecule is C.C.Cc1c(-c2ccc(N3CCc4cccc(C(=O)Nc5nc6ccccc6s5)c4C3)nc2C(=O)O)cccc1S(=O)(=O)N[C]1CCCCCCC1. The van der Waals surface area contributed by atoms with Gasteiger partial charge in [-0.05, 0) is 84.8 Å². The van der Waals surface area contributed by atoms with Gasteiger partial charge in [0.05, 0.1) is 21.2 Å². The van der Waals surface area contributed by atoms with Crippen molar-refractivity contribution in [2.45, 2.75) is 84.6 Å². The van der Waals surface area contributed by atoms with Gasteiger partial charge in [-0.1, -0.05) is 94.7 Å². The standard InChI is InChI=1S/C38H38N5O5S2.2CH4/c1-24-27(14-10-18-33(24)50(47,48)42-26-12-5-3-2-4-6-13-26)28-19-20-34(40-35(28)37(45)46)43-22-21-25-11-9-15-29(30(25)23-43)36(44)41-38-39-31-16-7-8-17-32(31)49-38;;/h7-11,14-20,42H,2-6,12-13,21-23H2,1H3,(H,45,46)(H,39,41,44);2*1H4. The number of benzene rings is 3. The topological polar surface area (TPSA) is 142 Å². The van der Waals surface area contributed by atoms with E-state index in [0.29, 0.717) is 52.7 Å². The van der Waals surface area contributed by atoms with E-state index in [1.807, 2.05) is 41.3 Å². The highest BCUT2D eigenvalue weighted by Gasteiger charge is 2.28. The molecule has 1 aliphatic heterocycles. The molecular weight excluding hydrogens is 695 g/mol. The lowest BCUT2D eigenvalue weighted by molar-refractivity contribution is 0.0691. The lowest BCUT2D eigenvalue weighted by atomic mass is 9.94. The maximum absolute atomic E-state index is 13.6. The first-order valence-electron chi connectivity index (χ1n) is 16.9. The van der Waals surface area contributed by atoms with E-state index in [-0.39, 0.29) is 31.3 Å². The molecule has 2 aromatic heterocycles. The largest absolute Gasteiger partial charge is 0.476 e. The van der Waals surface area contributed by atoms with Gasteiger partial charge in [0.15, 0.2) is 10.8 Å². The molecule has 52 heavy (non-hydrogen) atoms. The average Bonchev–Trinajstić information content (AvgIpc) is 3.51. The zero-order chi connectivity index (χ0) is 34.8. The monoisotopic (exact) mass is 740 g/mol. The molecular formula is C40H46N5O5S2. The third kappa shape index (κ3) is 8.04. The Balaban J connectivity index is 0.00000261. The molecule has 1 radical (unpaired) electrons. The lowest BCUT2D eigenvalue weighted by Gasteiger charge is -2.31. The molecule has 3 N–H and O–H groups in total. The van der Waals surface area contributed by atoms with Crippen LogP contribution in [0.5, 0.6) is 0 Å². The molecule has 1 aliphatic carbocycles. The normalized spacial score (nSPS) is 15.1. The number of carboxylic acids is 1. The number of nitrogens with zero attached hydrogens (tertiary/aromatic N) is 3. The van der Waals surface area contributed by atoms with Gasteiger partial charge in [-0.25, -0.2) is 27.9 Å². The minimum atomic E-state index is -3.87. The second kappa shape index (κ2) is 16.4. The Morgan fingerprint density at radius 2 is 1.56 bits per heavy atom. The first-order chi connectivity index (χ1) is 24.2. The van der Waals surface area contributed by atoms with Gasteiger partial charge in [0.1, 0.15) is 5.82 Å². The van der Waals surface area contributed by atoms with E-state index in [9.17, 15) is 23.1 Å². The summed E-state index contributed by atoms with van der Waals surface area (Å²) in [5, 5.41) is 13.8. The molecule has 0 atom stereocenters. The summed E-state index contributed by atoms with van der Waals surface area (Å²) < 4.78 is 31.0. The number of carboxylic acid groups (broad SMARTS) is 1. The molecule has 1 saturated carbocycles. The second-order valence-corrected chi connectivity index (χ2v) is 15.5. The summed E-state index contributed by atoms with van der Waals surface area (Å²) in [5.41, 5.74) is 4.36. The predicted molar refractivity (Wildman–Crippen MR) is 209 cm³/mol. The van der Waals surface area contributed by atoms with Gasteiger partial charge in [0, 0.05) is 24.2 Å². The summed E-state index contributed by atoms with van der Waals surface area (Å²) in [4.78, 5) is 37.4. The smallest absolute Gasteiger partial charge is 0.355 e. The summed E-state index contributed by atoms with van der Waals surface area (Å²) in [7, 11) is -3.87. The Bertz CT molecular complexity index is 2160. The van der Waals surface area contributed by atoms with Crippen LogP contribution in [-0.4, -0.2) is 41.9 Å². The van der Waals surface area contributed by atoms with Crippen LogP contribution in [0.2, 0.25) is 0 Å². The molecule has 2 aliphatic rings. The first-order valence-corrected chi connectivity index (χ1v) is 19.2. The van der Waals surface area contributed by atoms with Crippen molar-refractivity contribution in [3.63, 3.8) is 0 Å². The molecule has 5 aromatic rings. The highest BCUT2D eigenvalue weighted by molar-refractivity contribution is 7.89. The number of carbonyl (C=O) groups excluding carboxylic acids is 1. The number of sulfonamides is 1. The fourth-order valence-corrected chi connectivity index (χ4v) is 9.29. The predicted octanol–water partition coefficient (Wildman–Crippen LogP) is 9.01. The highest BCUT2D eigenvalue weighted by atomic mass is 32.2. The van der Waals surface area contributed by atoms with E-state index in [0.717, 1.165) is 65.9 Å². The highest BCUT2D eigenvalue weighted by Crippen LogP contribution is 2.34. The Kier molecular flexibility index (Phi) is 12.1. The van der Waals surface area contributed by atoms with Crippen molar-refractivity contribution in [1.29, 1.82) is 0 Å². The quantitative estimate of drug-likeness (QED) is 0.143. The molecule has 1 fully saturated rings. The molecule has 1 amide bonds. The molecule has 0 spiro atoms. The third-order valence-electron chi connectivity index (χ3n) is 9.54. The van der Waals surface area contributed by atoms with Gasteiger partial charge in [0.2, 0.25) is 10.0 Å². The van der Waals surface area contributed by atoms with Crippen molar-refractivity contribution in [1.82, 2.24) is 14.7 Å². The molecule has 10 nitrogen and oxygen atoms in total. The number of pyridine rings is 1. The van der Waals surface area contributed by atoms with Crippen LogP contribution in [0, 0.1) is 13.0 Å². The number of aromatic nitrogens is 2. The molecule has 0 bridgehead atoms. The number of nitrogens with one attached hydrogen (secondary N) is 2. The molecule has 3 aromatic carbocycles. The molecule has 7 rings (SSSR count). The number of aromatic carboxylic acids is 1. The van der Waals surface area contributed by atoms with Gasteiger partial charge < -0.3 is 10.0 Å². The summed E-state index contributed by atoms with van der Waals surface area (Å²) in [6.07, 6.45) is 7.36. The van der Waals surface area contributed by atoms with Crippen molar-refractivity contribution in [3.8, 4) is 11.1 Å². The van der Waals surface area contributed by atoms with E-state index in [2.05, 4.69) is 20.0 Å². The number of rotatable bonds is 8. The summed E-state index contributed by atoms with van der Waals surface area (Å²) in [5.74, 6) is -1.02. The third-order valence-corrected chi connectivity index (χ3v) is 12.1. The van der Waals surface area contributed by atoms with E-state index >= 15 is 0 Å². The van der Waals surface area contributed by atoms with Gasteiger partial charge in [-0.15, -0.1) is 0 Å². The molecule has 0 unspecified atom stereocenters. The second-order valence-electron chi connectivity index (χ2n) is 12.8. The van der Waals surface area contributed by atoms with Crippen LogP contribution < -0.4 is 14.9 Å². The number of thiazole rings is 1. The Labute approximate surface area is 310 Å². The van der Waals surface area contributed by atoms with Crippen molar-refractivity contribution in [2.24, 2.45) is 0 Å². The van der Waals surface area contributed by atoms with Gasteiger partial charge in [0.25, 0.3) is 5.91 Å². The maximum atomic E-state index is 13.6. The average molecular weight is 741 g/mol. The fourth-order valence-electron chi connectivity index (χ4n) is 6.96. The van der Waals surface area contributed by atoms with E-state index < -0.39 is 16.0 Å². The van der Waals surface area contributed by atoms with Crippen molar-refractivity contribution >= 4 is 54.4 Å². The van der Waals surface area contributed by atoms with Crippen molar-refractivity contribution in [2.75, 3.05) is 16.8 Å². The van der Waals surface area contributed by atoms with Crippen LogP contribution in [0.3, 0.4) is 0 Å². The summed E-state index contributed by atoms with van der Waals surface area (Å²) >= 11 is 1.41. The van der Waals surface area contributed by atoms with Crippen LogP contribution in [-0.2, 0) is 23.0 Å². The summed E-state index contributed by atoms with van der Waals surface area (Å²) in [6.45, 7) is 2.65. The number of hydrogen-bond donors (Lipinski definition) is 3. The number of anilines is 2. The van der Waals surface area contributed by atoms with Crippen LogP contribution >= 0.6 is 11.3 Å². The van der Waals surface area contributed by atoms with Crippen molar-refractivity contribution in [3.05, 3.63) is 107 Å². The van der Waals surface area contributed by atoms with E-state index in [1.54, 1.807) is 43.3 Å². The fraction of sp³-hybridized carbons (Fsp3) is 0.325. The van der Waals surface area contributed by atoms with Gasteiger partial charge in [-0.2, -0.15) is 0 Å². The minimum absolute atomic E-state index is 0. The number of amides is 1. The van der Waals surface area contributed by atoms with E-state index in [1.165, 1.54) is 17.8 Å². The number of para-hydroxylation sites is 1. The zero-order valence-corrected chi connectivity index (χ0v) is 29.4. The van der Waals surface area contributed by atoms with Crippen LogP contribution in [0.4, 0.5) is 10.9 Å². The number of hydrogen-bond acceptors (Lipinski definition) is 8. The first kappa shape index (κ1) is 38.6. The summed E-state index contributed by atoms with van der Waals surface area (Å²) in [6, 6.07) is 22.6. The van der Waals surface area contributed by atoms with E-state index in [4.69, 9.17) is 0 Å². The zero-order valence-electron chi connectivity index (χ0n) is 27.7. The molecule has 273 valence electrons. The van der Waals surface area contributed by atoms with Crippen LogP contribution in [0.15, 0.2) is 77.7 Å². The Hall–Kier alpha value is -4.65. The molecule has 0 saturated heterocycles. The van der Waals surface area contributed by atoms with Crippen molar-refractivity contribution < 1.29 is 23.1 Å².